The Morgan fingerprint density at radius 3 is 2.44 bits per heavy atom. The van der Waals surface area contributed by atoms with Crippen molar-refractivity contribution in [1.82, 2.24) is 0 Å². The summed E-state index contributed by atoms with van der Waals surface area (Å²) in [4.78, 5) is 34.6. The highest BCUT2D eigenvalue weighted by atomic mass is 16.6. The van der Waals surface area contributed by atoms with Gasteiger partial charge in [0.2, 0.25) is 6.10 Å². The molecule has 0 aromatic heterocycles. The van der Waals surface area contributed by atoms with Crippen LogP contribution in [0.5, 0.6) is 0 Å². The molecular formula is C20H16N2O5. The Bertz CT molecular complexity index is 1030. The van der Waals surface area contributed by atoms with Gasteiger partial charge in [0.15, 0.2) is 0 Å². The first-order valence-corrected chi connectivity index (χ1v) is 8.15. The minimum absolute atomic E-state index is 0.192. The summed E-state index contributed by atoms with van der Waals surface area (Å²) in [7, 11) is 0. The maximum Gasteiger partial charge on any atom is 0.303 e. The Morgan fingerprint density at radius 1 is 1.00 bits per heavy atom. The second-order valence-electron chi connectivity index (χ2n) is 5.89. The molecule has 0 aliphatic heterocycles. The average Bonchev–Trinajstić information content (AvgIpc) is 2.66. The summed E-state index contributed by atoms with van der Waals surface area (Å²) in [6.45, 7) is 1.17. The number of amides is 1. The normalized spacial score (nSPS) is 11.6. The molecule has 3 aromatic carbocycles. The van der Waals surface area contributed by atoms with E-state index >= 15 is 0 Å². The third-order valence-electron chi connectivity index (χ3n) is 3.92. The number of fused-ring (bicyclic) bond motifs is 1. The third-order valence-corrected chi connectivity index (χ3v) is 3.92. The van der Waals surface area contributed by atoms with Crippen LogP contribution in [0.15, 0.2) is 66.7 Å². The van der Waals surface area contributed by atoms with Crippen LogP contribution in [0.2, 0.25) is 0 Å². The summed E-state index contributed by atoms with van der Waals surface area (Å²) in [5, 5.41) is 15.6. The lowest BCUT2D eigenvalue weighted by Crippen LogP contribution is -2.25. The predicted molar refractivity (Wildman–Crippen MR) is 100 cm³/mol. The molecule has 1 amide bonds. The number of hydrogen-bond donors (Lipinski definition) is 1. The molecule has 136 valence electrons. The third kappa shape index (κ3) is 4.27. The molecule has 0 saturated heterocycles. The Balaban J connectivity index is 1.89. The van der Waals surface area contributed by atoms with Crippen molar-refractivity contribution in [1.29, 1.82) is 0 Å². The van der Waals surface area contributed by atoms with Crippen molar-refractivity contribution in [2.24, 2.45) is 0 Å². The van der Waals surface area contributed by atoms with E-state index < -0.39 is 22.9 Å². The van der Waals surface area contributed by atoms with Crippen molar-refractivity contribution in [2.45, 2.75) is 13.0 Å². The number of nitrogens with zero attached hydrogens (tertiary/aromatic N) is 1. The smallest absolute Gasteiger partial charge is 0.303 e. The Hall–Kier alpha value is -3.74. The van der Waals surface area contributed by atoms with Gasteiger partial charge in [0.05, 0.1) is 4.92 Å². The fourth-order valence-electron chi connectivity index (χ4n) is 2.72. The highest BCUT2D eigenvalue weighted by molar-refractivity contribution is 5.98. The summed E-state index contributed by atoms with van der Waals surface area (Å²) >= 11 is 0. The molecule has 0 spiro atoms. The van der Waals surface area contributed by atoms with Crippen LogP contribution in [0.3, 0.4) is 0 Å². The number of hydrogen-bond acceptors (Lipinski definition) is 5. The lowest BCUT2D eigenvalue weighted by Gasteiger charge is -2.17. The molecule has 3 aromatic rings. The van der Waals surface area contributed by atoms with Crippen molar-refractivity contribution < 1.29 is 19.2 Å². The zero-order valence-corrected chi connectivity index (χ0v) is 14.4. The molecule has 7 nitrogen and oxygen atoms in total. The van der Waals surface area contributed by atoms with Gasteiger partial charge in [0.25, 0.3) is 11.6 Å². The van der Waals surface area contributed by atoms with Crippen molar-refractivity contribution in [2.75, 3.05) is 5.32 Å². The van der Waals surface area contributed by atoms with Gasteiger partial charge in [-0.1, -0.05) is 42.5 Å². The van der Waals surface area contributed by atoms with E-state index in [1.54, 1.807) is 12.1 Å². The topological polar surface area (TPSA) is 98.5 Å². The quantitative estimate of drug-likeness (QED) is 0.419. The number of carbonyl (C=O) groups is 2. The maximum atomic E-state index is 12.7. The SMILES string of the molecule is CC(=O)O[C@H](C(=O)Nc1ccc2ccccc2c1)c1cccc([N+](=O)[O-])c1. The van der Waals surface area contributed by atoms with E-state index in [2.05, 4.69) is 5.32 Å². The standard InChI is InChI=1S/C20H16N2O5/c1-13(23)27-19(16-7-4-8-18(12-16)22(25)26)20(24)21-17-10-9-14-5-2-3-6-15(14)11-17/h2-12,19H,1H3,(H,21,24)/t19-/m0/s1. The van der Waals surface area contributed by atoms with Gasteiger partial charge in [0, 0.05) is 30.3 Å². The number of anilines is 1. The van der Waals surface area contributed by atoms with Gasteiger partial charge in [-0.15, -0.1) is 0 Å². The zero-order valence-electron chi connectivity index (χ0n) is 14.4. The number of nitro groups is 1. The summed E-state index contributed by atoms with van der Waals surface area (Å²) in [5.41, 5.74) is 0.558. The van der Waals surface area contributed by atoms with E-state index in [1.807, 2.05) is 30.3 Å². The maximum absolute atomic E-state index is 12.7. The molecule has 7 heteroatoms. The van der Waals surface area contributed by atoms with E-state index in [0.717, 1.165) is 10.8 Å². The van der Waals surface area contributed by atoms with E-state index in [9.17, 15) is 19.7 Å². The highest BCUT2D eigenvalue weighted by Gasteiger charge is 2.25. The van der Waals surface area contributed by atoms with Crippen LogP contribution in [-0.4, -0.2) is 16.8 Å². The van der Waals surface area contributed by atoms with E-state index in [0.29, 0.717) is 5.69 Å². The molecule has 0 aliphatic carbocycles. The fourth-order valence-corrected chi connectivity index (χ4v) is 2.72. The first-order chi connectivity index (χ1) is 12.9. The van der Waals surface area contributed by atoms with Crippen LogP contribution >= 0.6 is 0 Å². The fraction of sp³-hybridized carbons (Fsp3) is 0.100. The predicted octanol–water partition coefficient (Wildman–Crippen LogP) is 3.99. The molecule has 0 saturated carbocycles. The molecule has 0 heterocycles. The van der Waals surface area contributed by atoms with Crippen LogP contribution in [0.25, 0.3) is 10.8 Å². The lowest BCUT2D eigenvalue weighted by atomic mass is 10.1. The van der Waals surface area contributed by atoms with Crippen molar-refractivity contribution in [3.8, 4) is 0 Å². The molecule has 1 N–H and O–H groups in total. The second-order valence-corrected chi connectivity index (χ2v) is 5.89. The summed E-state index contributed by atoms with van der Waals surface area (Å²) in [6, 6.07) is 18.5. The zero-order chi connectivity index (χ0) is 19.4. The van der Waals surface area contributed by atoms with Crippen molar-refractivity contribution in [3.63, 3.8) is 0 Å². The average molecular weight is 364 g/mol. The van der Waals surface area contributed by atoms with Crippen LogP contribution in [-0.2, 0) is 14.3 Å². The number of benzene rings is 3. The largest absolute Gasteiger partial charge is 0.447 e. The van der Waals surface area contributed by atoms with Gasteiger partial charge in [-0.2, -0.15) is 0 Å². The molecular weight excluding hydrogens is 348 g/mol. The van der Waals surface area contributed by atoms with Crippen LogP contribution in [0.1, 0.15) is 18.6 Å². The molecule has 0 aliphatic rings. The number of carbonyl (C=O) groups excluding carboxylic acids is 2. The van der Waals surface area contributed by atoms with Crippen LogP contribution < -0.4 is 5.32 Å². The van der Waals surface area contributed by atoms with Gasteiger partial charge in [0.1, 0.15) is 0 Å². The van der Waals surface area contributed by atoms with Crippen molar-refractivity contribution in [3.05, 3.63) is 82.4 Å². The van der Waals surface area contributed by atoms with Crippen LogP contribution in [0.4, 0.5) is 11.4 Å². The Kier molecular flexibility index (Phi) is 5.12. The number of nitro benzene ring substituents is 1. The number of rotatable bonds is 5. The van der Waals surface area contributed by atoms with Gasteiger partial charge in [-0.05, 0) is 22.9 Å². The molecule has 1 atom stereocenters. The van der Waals surface area contributed by atoms with Gasteiger partial charge < -0.3 is 10.1 Å². The first-order valence-electron chi connectivity index (χ1n) is 8.15. The summed E-state index contributed by atoms with van der Waals surface area (Å²) in [6.07, 6.45) is -1.30. The molecule has 27 heavy (non-hydrogen) atoms. The number of ether oxygens (including phenoxy) is 1. The monoisotopic (exact) mass is 364 g/mol. The van der Waals surface area contributed by atoms with E-state index in [4.69, 9.17) is 4.74 Å². The Labute approximate surface area is 154 Å². The van der Waals surface area contributed by atoms with Crippen LogP contribution in [0, 0.1) is 10.1 Å². The summed E-state index contributed by atoms with van der Waals surface area (Å²) < 4.78 is 5.12. The minimum Gasteiger partial charge on any atom is -0.447 e. The number of non-ortho nitro benzene ring substituents is 1. The minimum atomic E-state index is -1.30. The lowest BCUT2D eigenvalue weighted by molar-refractivity contribution is -0.385. The van der Waals surface area contributed by atoms with Gasteiger partial charge in [-0.3, -0.25) is 19.7 Å². The molecule has 0 fully saturated rings. The number of nitrogens with one attached hydrogen (secondary N) is 1. The second kappa shape index (κ2) is 7.65. The molecule has 0 unspecified atom stereocenters. The number of esters is 1. The summed E-state index contributed by atoms with van der Waals surface area (Å²) in [5.74, 6) is -1.26. The molecule has 0 radical (unpaired) electrons. The highest BCUT2D eigenvalue weighted by Crippen LogP contribution is 2.25. The molecule has 3 rings (SSSR count). The first kappa shape index (κ1) is 18.1. The molecule has 0 bridgehead atoms. The van der Waals surface area contributed by atoms with E-state index in [-0.39, 0.29) is 11.3 Å². The Morgan fingerprint density at radius 2 is 1.74 bits per heavy atom. The van der Waals surface area contributed by atoms with E-state index in [1.165, 1.54) is 31.2 Å². The van der Waals surface area contributed by atoms with Gasteiger partial charge >= 0.3 is 5.97 Å². The van der Waals surface area contributed by atoms with Crippen molar-refractivity contribution >= 4 is 34.0 Å². The van der Waals surface area contributed by atoms with Gasteiger partial charge in [-0.25, -0.2) is 0 Å².